The van der Waals surface area contributed by atoms with Crippen LogP contribution in [0.25, 0.3) is 11.2 Å². The van der Waals surface area contributed by atoms with Gasteiger partial charge in [0.1, 0.15) is 0 Å². The lowest BCUT2D eigenvalue weighted by Gasteiger charge is -2.21. The van der Waals surface area contributed by atoms with Gasteiger partial charge in [-0.15, -0.1) is 0 Å². The molecule has 0 spiro atoms. The second-order valence-electron chi connectivity index (χ2n) is 6.54. The van der Waals surface area contributed by atoms with E-state index in [1.54, 1.807) is 7.05 Å². The monoisotopic (exact) mass is 334 g/mol. The lowest BCUT2D eigenvalue weighted by Crippen LogP contribution is -2.37. The lowest BCUT2D eigenvalue weighted by molar-refractivity contribution is 0.684. The number of hydrogen-bond acceptors (Lipinski definition) is 5. The largest absolute Gasteiger partial charge is 0.344 e. The molecule has 132 valence electrons. The number of imidazole rings is 1. The Kier molecular flexibility index (Phi) is 4.98. The van der Waals surface area contributed by atoms with Crippen LogP contribution in [0.4, 0.5) is 5.95 Å². The van der Waals surface area contributed by atoms with Crippen molar-refractivity contribution < 1.29 is 0 Å². The molecule has 0 saturated heterocycles. The summed E-state index contributed by atoms with van der Waals surface area (Å²) in [6, 6.07) is -0.0432. The quantitative estimate of drug-likeness (QED) is 0.788. The van der Waals surface area contributed by atoms with Crippen LogP contribution in [0.15, 0.2) is 21.2 Å². The van der Waals surface area contributed by atoms with E-state index in [1.165, 1.54) is 11.6 Å². The molecule has 24 heavy (non-hydrogen) atoms. The minimum atomic E-state index is -0.388. The van der Waals surface area contributed by atoms with Crippen LogP contribution in [-0.2, 0) is 20.6 Å². The van der Waals surface area contributed by atoms with Gasteiger partial charge in [0.25, 0.3) is 5.56 Å². The van der Waals surface area contributed by atoms with Gasteiger partial charge in [0.05, 0.1) is 0 Å². The molecule has 0 bridgehead atoms. The molecule has 2 aromatic heterocycles. The summed E-state index contributed by atoms with van der Waals surface area (Å²) < 4.78 is 4.35. The number of nitrogens with zero attached hydrogens (tertiary/aromatic N) is 5. The van der Waals surface area contributed by atoms with Crippen LogP contribution < -0.4 is 21.9 Å². The summed E-state index contributed by atoms with van der Waals surface area (Å²) >= 11 is 0. The van der Waals surface area contributed by atoms with Gasteiger partial charge in [0, 0.05) is 40.3 Å². The van der Waals surface area contributed by atoms with E-state index in [-0.39, 0.29) is 17.3 Å². The highest BCUT2D eigenvalue weighted by Crippen LogP contribution is 2.19. The number of fused-ring (bicyclic) bond motifs is 1. The third kappa shape index (κ3) is 3.14. The number of aryl methyl sites for hydroxylation is 1. The van der Waals surface area contributed by atoms with Gasteiger partial charge in [-0.05, 0) is 20.8 Å². The maximum atomic E-state index is 12.6. The van der Waals surface area contributed by atoms with E-state index in [1.807, 2.05) is 43.4 Å². The van der Waals surface area contributed by atoms with Crippen molar-refractivity contribution in [2.45, 2.75) is 33.4 Å². The Morgan fingerprint density at radius 2 is 1.92 bits per heavy atom. The Morgan fingerprint density at radius 3 is 2.46 bits per heavy atom. The Morgan fingerprint density at radius 1 is 1.29 bits per heavy atom. The average Bonchev–Trinajstić information content (AvgIpc) is 2.87. The highest BCUT2D eigenvalue weighted by molar-refractivity contribution is 5.74. The summed E-state index contributed by atoms with van der Waals surface area (Å²) in [6.45, 7) is 7.00. The van der Waals surface area contributed by atoms with Gasteiger partial charge in [-0.1, -0.05) is 11.6 Å². The fourth-order valence-corrected chi connectivity index (χ4v) is 2.69. The van der Waals surface area contributed by atoms with Crippen LogP contribution >= 0.6 is 0 Å². The van der Waals surface area contributed by atoms with E-state index in [0.29, 0.717) is 30.2 Å². The van der Waals surface area contributed by atoms with Crippen LogP contribution in [-0.4, -0.2) is 38.3 Å². The molecule has 0 radical (unpaired) electrons. The van der Waals surface area contributed by atoms with Gasteiger partial charge < -0.3 is 15.2 Å². The van der Waals surface area contributed by atoms with E-state index in [0.717, 1.165) is 10.1 Å². The predicted octanol–water partition coefficient (Wildman–Crippen LogP) is 0.183. The first-order chi connectivity index (χ1) is 11.1. The van der Waals surface area contributed by atoms with Crippen molar-refractivity contribution in [2.24, 2.45) is 19.8 Å². The molecule has 0 aromatic carbocycles. The Labute approximate surface area is 140 Å². The number of rotatable bonds is 5. The summed E-state index contributed by atoms with van der Waals surface area (Å²) in [5.41, 5.74) is 7.11. The minimum absolute atomic E-state index is 0.0432. The number of likely N-dealkylation sites (N-methyl/N-ethyl adjacent to an activating group) is 1. The molecule has 0 fully saturated rings. The van der Waals surface area contributed by atoms with Gasteiger partial charge in [-0.3, -0.25) is 13.9 Å². The molecule has 0 unspecified atom stereocenters. The molecule has 0 aliphatic carbocycles. The van der Waals surface area contributed by atoms with Gasteiger partial charge in [0.15, 0.2) is 11.2 Å². The minimum Gasteiger partial charge on any atom is -0.344 e. The summed E-state index contributed by atoms with van der Waals surface area (Å²) in [5.74, 6) is 0.623. The van der Waals surface area contributed by atoms with E-state index in [9.17, 15) is 9.59 Å². The Balaban J connectivity index is 2.82. The highest BCUT2D eigenvalue weighted by Gasteiger charge is 2.21. The number of hydrogen-bond donors (Lipinski definition) is 1. The van der Waals surface area contributed by atoms with Crippen molar-refractivity contribution in [1.29, 1.82) is 0 Å². The fourth-order valence-electron chi connectivity index (χ4n) is 2.69. The fraction of sp³-hybridized carbons (Fsp3) is 0.562. The zero-order valence-corrected chi connectivity index (χ0v) is 15.2. The first-order valence-electron chi connectivity index (χ1n) is 7.91. The molecule has 8 nitrogen and oxygen atoms in total. The highest BCUT2D eigenvalue weighted by atomic mass is 16.2. The third-order valence-electron chi connectivity index (χ3n) is 3.91. The van der Waals surface area contributed by atoms with Crippen molar-refractivity contribution in [2.75, 3.05) is 18.5 Å². The van der Waals surface area contributed by atoms with Crippen molar-refractivity contribution in [1.82, 2.24) is 18.7 Å². The maximum Gasteiger partial charge on any atom is 0.332 e. The van der Waals surface area contributed by atoms with E-state index in [2.05, 4.69) is 4.98 Å². The number of allylic oxidation sites excluding steroid dienone is 2. The molecular weight excluding hydrogens is 308 g/mol. The molecule has 0 amide bonds. The summed E-state index contributed by atoms with van der Waals surface area (Å²) in [4.78, 5) is 31.3. The van der Waals surface area contributed by atoms with Crippen LogP contribution in [0, 0.1) is 0 Å². The third-order valence-corrected chi connectivity index (χ3v) is 3.91. The molecular formula is C16H26N6O2. The molecule has 1 atom stereocenters. The van der Waals surface area contributed by atoms with E-state index in [4.69, 9.17) is 5.73 Å². The topological polar surface area (TPSA) is 91.1 Å². The smallest absolute Gasteiger partial charge is 0.332 e. The summed E-state index contributed by atoms with van der Waals surface area (Å²) in [7, 11) is 4.98. The zero-order chi connectivity index (χ0) is 18.2. The molecule has 0 saturated carbocycles. The van der Waals surface area contributed by atoms with Gasteiger partial charge in [-0.2, -0.15) is 4.98 Å². The maximum absolute atomic E-state index is 12.6. The van der Waals surface area contributed by atoms with Gasteiger partial charge in [-0.25, -0.2) is 4.79 Å². The average molecular weight is 334 g/mol. The molecule has 0 aliphatic rings. The summed E-state index contributed by atoms with van der Waals surface area (Å²) in [5, 5.41) is 0. The van der Waals surface area contributed by atoms with Crippen molar-refractivity contribution >= 4 is 17.1 Å². The molecule has 2 aromatic rings. The molecule has 0 aliphatic heterocycles. The normalized spacial score (nSPS) is 12.5. The Bertz CT molecular complexity index is 896. The first-order valence-corrected chi connectivity index (χ1v) is 7.91. The molecule has 2 rings (SSSR count). The Hall–Kier alpha value is -2.35. The summed E-state index contributed by atoms with van der Waals surface area (Å²) in [6.07, 6.45) is 2.02. The van der Waals surface area contributed by atoms with Crippen LogP contribution in [0.2, 0.25) is 0 Å². The molecule has 2 N–H and O–H groups in total. The molecule has 8 heteroatoms. The molecule has 2 heterocycles. The van der Waals surface area contributed by atoms with Gasteiger partial charge >= 0.3 is 5.69 Å². The second kappa shape index (κ2) is 6.64. The van der Waals surface area contributed by atoms with Gasteiger partial charge in [0.2, 0.25) is 5.95 Å². The number of aromatic nitrogens is 4. The van der Waals surface area contributed by atoms with Crippen molar-refractivity contribution in [3.05, 3.63) is 32.5 Å². The predicted molar refractivity (Wildman–Crippen MR) is 96.6 cm³/mol. The standard InChI is InChI=1S/C16H26N6O2/c1-10(2)7-8-22-12-13(18-15(22)19(4)9-11(3)17)20(5)16(24)21(6)14(12)23/h7,11H,8-9,17H2,1-6H3/t11-/m1/s1. The van der Waals surface area contributed by atoms with E-state index >= 15 is 0 Å². The van der Waals surface area contributed by atoms with Crippen LogP contribution in [0.3, 0.4) is 0 Å². The first kappa shape index (κ1) is 18.0. The SMILES string of the molecule is CC(C)=CCn1c(N(C)C[C@@H](C)N)nc2c1c(=O)n(C)c(=O)n2C. The second-order valence-corrected chi connectivity index (χ2v) is 6.54. The lowest BCUT2D eigenvalue weighted by atomic mass is 10.3. The van der Waals surface area contributed by atoms with E-state index < -0.39 is 0 Å². The van der Waals surface area contributed by atoms with Crippen LogP contribution in [0.5, 0.6) is 0 Å². The zero-order valence-electron chi connectivity index (χ0n) is 15.2. The number of anilines is 1. The van der Waals surface area contributed by atoms with Crippen molar-refractivity contribution in [3.63, 3.8) is 0 Å². The van der Waals surface area contributed by atoms with Crippen LogP contribution in [0.1, 0.15) is 20.8 Å². The van der Waals surface area contributed by atoms with Crippen molar-refractivity contribution in [3.8, 4) is 0 Å². The number of nitrogens with two attached hydrogens (primary N) is 1.